The van der Waals surface area contributed by atoms with Crippen LogP contribution in [0.4, 0.5) is 0 Å². The summed E-state index contributed by atoms with van der Waals surface area (Å²) in [4.78, 5) is 27.3. The second-order valence-corrected chi connectivity index (χ2v) is 5.91. The average molecular weight is 306 g/mol. The molecule has 21 heavy (non-hydrogen) atoms. The van der Waals surface area contributed by atoms with Crippen molar-refractivity contribution in [1.29, 1.82) is 0 Å². The molecule has 0 saturated carbocycles. The second kappa shape index (κ2) is 7.25. The number of likely N-dealkylation sites (tertiary alicyclic amines) is 1. The number of nitrogens with zero attached hydrogens (tertiary/aromatic N) is 1. The SMILES string of the molecule is CNC(=O)C1CCCN(C(=O)c2ccc(C#CCO)s2)C1. The van der Waals surface area contributed by atoms with Crippen LogP contribution in [-0.2, 0) is 4.79 Å². The fourth-order valence-electron chi connectivity index (χ4n) is 2.38. The van der Waals surface area contributed by atoms with Gasteiger partial charge in [0.05, 0.1) is 15.7 Å². The third-order valence-electron chi connectivity index (χ3n) is 3.43. The number of piperidine rings is 1. The van der Waals surface area contributed by atoms with E-state index < -0.39 is 0 Å². The van der Waals surface area contributed by atoms with E-state index in [0.29, 0.717) is 18.0 Å². The maximum Gasteiger partial charge on any atom is 0.263 e. The molecule has 1 unspecified atom stereocenters. The van der Waals surface area contributed by atoms with Gasteiger partial charge in [0, 0.05) is 20.1 Å². The zero-order valence-electron chi connectivity index (χ0n) is 11.9. The number of hydrogen-bond acceptors (Lipinski definition) is 4. The van der Waals surface area contributed by atoms with E-state index in [1.165, 1.54) is 11.3 Å². The standard InChI is InChI=1S/C15H18N2O3S/c1-16-14(19)11-4-2-8-17(10-11)15(20)13-7-6-12(21-13)5-3-9-18/h6-7,11,18H,2,4,8-10H2,1H3,(H,16,19). The molecule has 1 fully saturated rings. The number of carbonyl (C=O) groups is 2. The minimum Gasteiger partial charge on any atom is -0.384 e. The van der Waals surface area contributed by atoms with E-state index >= 15 is 0 Å². The molecule has 1 atom stereocenters. The van der Waals surface area contributed by atoms with Crippen LogP contribution in [0.2, 0.25) is 0 Å². The Balaban J connectivity index is 2.05. The van der Waals surface area contributed by atoms with Gasteiger partial charge in [0.1, 0.15) is 6.61 Å². The monoisotopic (exact) mass is 306 g/mol. The normalized spacial score (nSPS) is 17.8. The molecular formula is C15H18N2O3S. The van der Waals surface area contributed by atoms with Gasteiger partial charge in [0.25, 0.3) is 5.91 Å². The fourth-order valence-corrected chi connectivity index (χ4v) is 3.23. The van der Waals surface area contributed by atoms with Gasteiger partial charge >= 0.3 is 0 Å². The van der Waals surface area contributed by atoms with Gasteiger partial charge in [-0.2, -0.15) is 0 Å². The first-order valence-electron chi connectivity index (χ1n) is 6.86. The highest BCUT2D eigenvalue weighted by molar-refractivity contribution is 7.14. The Hall–Kier alpha value is -1.84. The molecular weight excluding hydrogens is 288 g/mol. The molecule has 5 nitrogen and oxygen atoms in total. The molecule has 0 spiro atoms. The zero-order valence-corrected chi connectivity index (χ0v) is 12.7. The molecule has 0 aliphatic carbocycles. The first-order valence-corrected chi connectivity index (χ1v) is 7.67. The van der Waals surface area contributed by atoms with Crippen molar-refractivity contribution < 1.29 is 14.7 Å². The van der Waals surface area contributed by atoms with E-state index in [9.17, 15) is 9.59 Å². The number of hydrogen-bond donors (Lipinski definition) is 2. The topological polar surface area (TPSA) is 69.6 Å². The van der Waals surface area contributed by atoms with Crippen LogP contribution in [0, 0.1) is 17.8 Å². The molecule has 1 aliphatic heterocycles. The summed E-state index contributed by atoms with van der Waals surface area (Å²) < 4.78 is 0. The van der Waals surface area contributed by atoms with Crippen molar-refractivity contribution in [1.82, 2.24) is 10.2 Å². The molecule has 0 aromatic carbocycles. The van der Waals surface area contributed by atoms with Gasteiger partial charge in [-0.15, -0.1) is 11.3 Å². The van der Waals surface area contributed by atoms with Crippen LogP contribution < -0.4 is 5.32 Å². The number of thiophene rings is 1. The molecule has 2 N–H and O–H groups in total. The number of amides is 2. The molecule has 1 aromatic rings. The molecule has 1 aliphatic rings. The molecule has 112 valence electrons. The number of rotatable bonds is 2. The lowest BCUT2D eigenvalue weighted by molar-refractivity contribution is -0.125. The third kappa shape index (κ3) is 3.84. The second-order valence-electron chi connectivity index (χ2n) is 4.83. The number of aliphatic hydroxyl groups is 1. The highest BCUT2D eigenvalue weighted by Crippen LogP contribution is 2.22. The highest BCUT2D eigenvalue weighted by atomic mass is 32.1. The van der Waals surface area contributed by atoms with Crippen LogP contribution in [-0.4, -0.2) is 48.6 Å². The number of nitrogens with one attached hydrogen (secondary N) is 1. The third-order valence-corrected chi connectivity index (χ3v) is 4.42. The zero-order chi connectivity index (χ0) is 15.2. The van der Waals surface area contributed by atoms with Gasteiger partial charge in [0.15, 0.2) is 0 Å². The molecule has 2 rings (SSSR count). The summed E-state index contributed by atoms with van der Waals surface area (Å²) in [6.45, 7) is 0.955. The first kappa shape index (κ1) is 15.5. The Bertz CT molecular complexity index is 585. The van der Waals surface area contributed by atoms with Crippen molar-refractivity contribution in [2.75, 3.05) is 26.7 Å². The van der Waals surface area contributed by atoms with Crippen LogP contribution in [0.3, 0.4) is 0 Å². The van der Waals surface area contributed by atoms with E-state index in [1.54, 1.807) is 24.1 Å². The first-order chi connectivity index (χ1) is 10.2. The lowest BCUT2D eigenvalue weighted by Crippen LogP contribution is -2.44. The van der Waals surface area contributed by atoms with Crippen LogP contribution in [0.25, 0.3) is 0 Å². The van der Waals surface area contributed by atoms with Crippen molar-refractivity contribution in [3.05, 3.63) is 21.9 Å². The lowest BCUT2D eigenvalue weighted by atomic mass is 9.97. The lowest BCUT2D eigenvalue weighted by Gasteiger charge is -2.31. The van der Waals surface area contributed by atoms with Gasteiger partial charge in [0.2, 0.25) is 5.91 Å². The van der Waals surface area contributed by atoms with Gasteiger partial charge in [-0.05, 0) is 25.0 Å². The fraction of sp³-hybridized carbons (Fsp3) is 0.467. The summed E-state index contributed by atoms with van der Waals surface area (Å²) in [5.74, 6) is 5.18. The van der Waals surface area contributed by atoms with E-state index in [-0.39, 0.29) is 24.3 Å². The Kier molecular flexibility index (Phi) is 5.37. The Labute approximate surface area is 128 Å². The predicted molar refractivity (Wildman–Crippen MR) is 81.0 cm³/mol. The summed E-state index contributed by atoms with van der Waals surface area (Å²) in [5, 5.41) is 11.3. The summed E-state index contributed by atoms with van der Waals surface area (Å²) in [7, 11) is 1.62. The van der Waals surface area contributed by atoms with E-state index in [1.807, 2.05) is 0 Å². The van der Waals surface area contributed by atoms with Crippen LogP contribution >= 0.6 is 11.3 Å². The van der Waals surface area contributed by atoms with Crippen molar-refractivity contribution in [2.24, 2.45) is 5.92 Å². The van der Waals surface area contributed by atoms with E-state index in [4.69, 9.17) is 5.11 Å². The Morgan fingerprint density at radius 3 is 3.05 bits per heavy atom. The minimum absolute atomic E-state index is 0.00631. The van der Waals surface area contributed by atoms with Crippen LogP contribution in [0.5, 0.6) is 0 Å². The smallest absolute Gasteiger partial charge is 0.263 e. The molecule has 1 saturated heterocycles. The summed E-state index contributed by atoms with van der Waals surface area (Å²) in [5.41, 5.74) is 0. The molecule has 1 aromatic heterocycles. The van der Waals surface area contributed by atoms with E-state index in [0.717, 1.165) is 17.7 Å². The summed E-state index contributed by atoms with van der Waals surface area (Å²) >= 11 is 1.31. The maximum atomic E-state index is 12.5. The van der Waals surface area contributed by atoms with Crippen molar-refractivity contribution in [3.63, 3.8) is 0 Å². The van der Waals surface area contributed by atoms with Crippen molar-refractivity contribution in [2.45, 2.75) is 12.8 Å². The van der Waals surface area contributed by atoms with E-state index in [2.05, 4.69) is 17.2 Å². The summed E-state index contributed by atoms with van der Waals surface area (Å²) in [6.07, 6.45) is 1.66. The van der Waals surface area contributed by atoms with Crippen molar-refractivity contribution >= 4 is 23.2 Å². The quantitative estimate of drug-likeness (QED) is 0.790. The van der Waals surface area contributed by atoms with Crippen LogP contribution in [0.15, 0.2) is 12.1 Å². The average Bonchev–Trinajstić information content (AvgIpc) is 3.00. The Morgan fingerprint density at radius 1 is 1.52 bits per heavy atom. The van der Waals surface area contributed by atoms with Gasteiger partial charge in [-0.3, -0.25) is 9.59 Å². The van der Waals surface area contributed by atoms with Gasteiger partial charge < -0.3 is 15.3 Å². The number of aliphatic hydroxyl groups excluding tert-OH is 1. The number of carbonyl (C=O) groups excluding carboxylic acids is 2. The molecule has 0 radical (unpaired) electrons. The van der Waals surface area contributed by atoms with Gasteiger partial charge in [-0.25, -0.2) is 0 Å². The minimum atomic E-state index is -0.193. The Morgan fingerprint density at radius 2 is 2.33 bits per heavy atom. The van der Waals surface area contributed by atoms with Gasteiger partial charge in [-0.1, -0.05) is 11.8 Å². The van der Waals surface area contributed by atoms with Crippen molar-refractivity contribution in [3.8, 4) is 11.8 Å². The predicted octanol–water partition coefficient (Wildman–Crippen LogP) is 0.690. The largest absolute Gasteiger partial charge is 0.384 e. The molecule has 2 amide bonds. The highest BCUT2D eigenvalue weighted by Gasteiger charge is 2.28. The molecule has 2 heterocycles. The molecule has 0 bridgehead atoms. The molecule has 6 heteroatoms. The summed E-state index contributed by atoms with van der Waals surface area (Å²) in [6, 6.07) is 3.53. The maximum absolute atomic E-state index is 12.5. The van der Waals surface area contributed by atoms with Crippen LogP contribution in [0.1, 0.15) is 27.4 Å².